The molecule has 2 N–H and O–H groups in total. The Labute approximate surface area is 146 Å². The Kier molecular flexibility index (Phi) is 4.90. The average molecular weight is 355 g/mol. The number of hydrogen-bond acceptors (Lipinski definition) is 6. The summed E-state index contributed by atoms with van der Waals surface area (Å²) in [6.45, 7) is 6.68. The Balaban J connectivity index is 1.78. The van der Waals surface area contributed by atoms with Crippen LogP contribution in [-0.2, 0) is 4.74 Å². The summed E-state index contributed by atoms with van der Waals surface area (Å²) >= 11 is 5.74. The van der Waals surface area contributed by atoms with Crippen molar-refractivity contribution in [2.75, 3.05) is 39.8 Å². The number of fused-ring (bicyclic) bond motifs is 2. The average Bonchev–Trinajstić information content (AvgIpc) is 2.51. The van der Waals surface area contributed by atoms with Crippen LogP contribution in [0.15, 0.2) is 12.1 Å². The molecule has 0 radical (unpaired) electrons. The van der Waals surface area contributed by atoms with Crippen molar-refractivity contribution in [2.45, 2.75) is 13.0 Å². The highest BCUT2D eigenvalue weighted by Crippen LogP contribution is 2.34. The fraction of sp³-hybridized carbons (Fsp3) is 0.588. The number of ether oxygens (including phenoxy) is 1. The fourth-order valence-corrected chi connectivity index (χ4v) is 4.04. The van der Waals surface area contributed by atoms with Crippen LogP contribution >= 0.6 is 11.6 Å². The van der Waals surface area contributed by atoms with Crippen molar-refractivity contribution in [1.82, 2.24) is 9.80 Å². The molecule has 24 heavy (non-hydrogen) atoms. The summed E-state index contributed by atoms with van der Waals surface area (Å²) in [6.07, 6.45) is -0.172. The van der Waals surface area contributed by atoms with Gasteiger partial charge in [-0.1, -0.05) is 18.5 Å². The molecule has 0 aromatic heterocycles. The van der Waals surface area contributed by atoms with Crippen LogP contribution < -0.4 is 0 Å². The number of hydrogen-bond donors (Lipinski definition) is 2. The van der Waals surface area contributed by atoms with Gasteiger partial charge in [0, 0.05) is 44.1 Å². The lowest BCUT2D eigenvalue weighted by molar-refractivity contribution is -0.0832. The number of carbonyl (C=O) groups is 1. The summed E-state index contributed by atoms with van der Waals surface area (Å²) in [5, 5.41) is 19.6. The molecule has 0 amide bonds. The van der Waals surface area contributed by atoms with Crippen LogP contribution in [0.3, 0.4) is 0 Å². The number of benzene rings is 1. The minimum Gasteiger partial charge on any atom is -0.507 e. The van der Waals surface area contributed by atoms with Gasteiger partial charge in [-0.15, -0.1) is 0 Å². The van der Waals surface area contributed by atoms with E-state index in [1.165, 1.54) is 0 Å². The number of piperidine rings is 2. The quantitative estimate of drug-likeness (QED) is 0.637. The molecule has 3 atom stereocenters. The predicted octanol–water partition coefficient (Wildman–Crippen LogP) is 1.79. The topological polar surface area (TPSA) is 73.2 Å². The highest BCUT2D eigenvalue weighted by molar-refractivity contribution is 6.32. The molecule has 6 nitrogen and oxygen atoms in total. The zero-order chi connectivity index (χ0) is 17.4. The van der Waals surface area contributed by atoms with E-state index in [1.807, 2.05) is 0 Å². The minimum absolute atomic E-state index is 0.00111. The monoisotopic (exact) mass is 354 g/mol. The third kappa shape index (κ3) is 3.31. The van der Waals surface area contributed by atoms with E-state index < -0.39 is 5.97 Å². The molecule has 2 fully saturated rings. The fourth-order valence-electron chi connectivity index (χ4n) is 3.88. The van der Waals surface area contributed by atoms with Gasteiger partial charge < -0.3 is 24.7 Å². The van der Waals surface area contributed by atoms with Crippen molar-refractivity contribution in [3.8, 4) is 11.5 Å². The van der Waals surface area contributed by atoms with Gasteiger partial charge in [0.05, 0.1) is 5.02 Å². The smallest absolute Gasteiger partial charge is 0.342 e. The minimum atomic E-state index is -0.617. The molecular formula is C17H23ClN2O4. The first-order valence-corrected chi connectivity index (χ1v) is 8.60. The number of esters is 1. The van der Waals surface area contributed by atoms with Gasteiger partial charge >= 0.3 is 5.97 Å². The van der Waals surface area contributed by atoms with Crippen LogP contribution in [0.5, 0.6) is 11.5 Å². The van der Waals surface area contributed by atoms with Crippen LogP contribution in [0, 0.1) is 11.8 Å². The van der Waals surface area contributed by atoms with Gasteiger partial charge in [-0.2, -0.15) is 0 Å². The molecule has 2 aliphatic heterocycles. The third-order valence-electron chi connectivity index (χ3n) is 4.98. The standard InChI is InChI=1S/C17H23ClN2O4/c1-3-20-8-10-6-19(2)7-11(9-20)16(10)24-17(23)12-4-15(22)13(18)5-14(12)21/h4-5,10-11,16,21-22H,3,6-9H2,1-2H3/t10-,11+,16?. The first-order chi connectivity index (χ1) is 11.4. The van der Waals surface area contributed by atoms with E-state index in [4.69, 9.17) is 16.3 Å². The zero-order valence-electron chi connectivity index (χ0n) is 13.9. The molecule has 2 aliphatic rings. The number of likely N-dealkylation sites (tertiary alicyclic amines) is 2. The maximum absolute atomic E-state index is 12.5. The molecule has 1 aromatic rings. The molecule has 0 saturated carbocycles. The Hall–Kier alpha value is -1.50. The van der Waals surface area contributed by atoms with Gasteiger partial charge in [-0.25, -0.2) is 4.79 Å². The third-order valence-corrected chi connectivity index (χ3v) is 5.29. The summed E-state index contributed by atoms with van der Waals surface area (Å²) in [7, 11) is 2.09. The molecule has 0 aliphatic carbocycles. The molecule has 2 heterocycles. The number of phenols is 2. The van der Waals surface area contributed by atoms with Crippen molar-refractivity contribution < 1.29 is 19.7 Å². The lowest BCUT2D eigenvalue weighted by Crippen LogP contribution is -2.60. The normalized spacial score (nSPS) is 27.9. The molecule has 1 aromatic carbocycles. The van der Waals surface area contributed by atoms with Crippen molar-refractivity contribution in [1.29, 1.82) is 0 Å². The molecule has 132 valence electrons. The van der Waals surface area contributed by atoms with Crippen LogP contribution in [0.1, 0.15) is 17.3 Å². The molecule has 0 spiro atoms. The number of rotatable bonds is 3. The van der Waals surface area contributed by atoms with E-state index in [9.17, 15) is 15.0 Å². The second-order valence-corrected chi connectivity index (χ2v) is 7.19. The number of halogens is 1. The molecule has 2 bridgehead atoms. The van der Waals surface area contributed by atoms with Crippen molar-refractivity contribution in [2.24, 2.45) is 11.8 Å². The van der Waals surface area contributed by atoms with Crippen LogP contribution in [0.4, 0.5) is 0 Å². The maximum atomic E-state index is 12.5. The van der Waals surface area contributed by atoms with Crippen LogP contribution in [0.25, 0.3) is 0 Å². The number of phenolic OH excluding ortho intramolecular Hbond substituents is 2. The summed E-state index contributed by atoms with van der Waals surface area (Å²) in [5.41, 5.74) is -0.0544. The predicted molar refractivity (Wildman–Crippen MR) is 90.6 cm³/mol. The first-order valence-electron chi connectivity index (χ1n) is 8.22. The first kappa shape index (κ1) is 17.3. The van der Waals surface area contributed by atoms with E-state index in [2.05, 4.69) is 23.8 Å². The molecule has 1 unspecified atom stereocenters. The lowest BCUT2D eigenvalue weighted by Gasteiger charge is -2.49. The Bertz CT molecular complexity index is 623. The van der Waals surface area contributed by atoms with Gasteiger partial charge in [0.2, 0.25) is 0 Å². The summed E-state index contributed by atoms with van der Waals surface area (Å²) < 4.78 is 5.75. The summed E-state index contributed by atoms with van der Waals surface area (Å²) in [6, 6.07) is 2.31. The highest BCUT2D eigenvalue weighted by atomic mass is 35.5. The Morgan fingerprint density at radius 3 is 2.42 bits per heavy atom. The van der Waals surface area contributed by atoms with E-state index in [0.29, 0.717) is 0 Å². The maximum Gasteiger partial charge on any atom is 0.342 e. The van der Waals surface area contributed by atoms with Crippen LogP contribution in [-0.4, -0.2) is 71.9 Å². The zero-order valence-corrected chi connectivity index (χ0v) is 14.7. The lowest BCUT2D eigenvalue weighted by atomic mass is 9.81. The van der Waals surface area contributed by atoms with E-state index >= 15 is 0 Å². The molecular weight excluding hydrogens is 332 g/mol. The van der Waals surface area contributed by atoms with E-state index in [0.717, 1.165) is 44.9 Å². The van der Waals surface area contributed by atoms with Crippen molar-refractivity contribution in [3.05, 3.63) is 22.7 Å². The SMILES string of the molecule is CCN1C[C@H]2CN(C)C[C@@H](C1)C2OC(=O)c1cc(O)c(Cl)cc1O. The van der Waals surface area contributed by atoms with Crippen molar-refractivity contribution >= 4 is 17.6 Å². The Morgan fingerprint density at radius 1 is 1.21 bits per heavy atom. The second-order valence-electron chi connectivity index (χ2n) is 6.78. The number of aromatic hydroxyl groups is 2. The van der Waals surface area contributed by atoms with E-state index in [1.54, 1.807) is 0 Å². The Morgan fingerprint density at radius 2 is 1.83 bits per heavy atom. The van der Waals surface area contributed by atoms with Gasteiger partial charge in [0.15, 0.2) is 0 Å². The van der Waals surface area contributed by atoms with E-state index in [-0.39, 0.29) is 40.0 Å². The summed E-state index contributed by atoms with van der Waals surface area (Å²) in [4.78, 5) is 17.2. The van der Waals surface area contributed by atoms with Crippen molar-refractivity contribution in [3.63, 3.8) is 0 Å². The largest absolute Gasteiger partial charge is 0.507 e. The van der Waals surface area contributed by atoms with Gasteiger partial charge in [0.25, 0.3) is 0 Å². The van der Waals surface area contributed by atoms with Gasteiger partial charge in [-0.05, 0) is 19.7 Å². The van der Waals surface area contributed by atoms with Gasteiger partial charge in [-0.3, -0.25) is 0 Å². The molecule has 2 saturated heterocycles. The molecule has 3 rings (SSSR count). The second kappa shape index (κ2) is 6.78. The number of carbonyl (C=O) groups excluding carboxylic acids is 1. The number of nitrogens with zero attached hydrogens (tertiary/aromatic N) is 2. The molecule has 7 heteroatoms. The van der Waals surface area contributed by atoms with Crippen LogP contribution in [0.2, 0.25) is 5.02 Å². The highest BCUT2D eigenvalue weighted by Gasteiger charge is 2.43. The summed E-state index contributed by atoms with van der Waals surface area (Å²) in [5.74, 6) is -0.656. The van der Waals surface area contributed by atoms with Gasteiger partial charge in [0.1, 0.15) is 23.2 Å².